The van der Waals surface area contributed by atoms with E-state index in [2.05, 4.69) is 48.0 Å². The smallest absolute Gasteiger partial charge is 0.177 e. The van der Waals surface area contributed by atoms with Gasteiger partial charge in [0.2, 0.25) is 0 Å². The van der Waals surface area contributed by atoms with E-state index in [4.69, 9.17) is 9.47 Å². The van der Waals surface area contributed by atoms with Crippen molar-refractivity contribution in [3.63, 3.8) is 0 Å². The predicted octanol–water partition coefficient (Wildman–Crippen LogP) is 2.56. The highest BCUT2D eigenvalue weighted by atomic mass is 16.7. The summed E-state index contributed by atoms with van der Waals surface area (Å²) in [6.07, 6.45) is 3.82. The zero-order valence-electron chi connectivity index (χ0n) is 9.80. The summed E-state index contributed by atoms with van der Waals surface area (Å²) in [4.78, 5) is 0. The quantitative estimate of drug-likeness (QED) is 0.790. The molecule has 1 aliphatic rings. The second-order valence-corrected chi connectivity index (χ2v) is 4.16. The zero-order chi connectivity index (χ0) is 11.7. The molecule has 0 amide bonds. The molecule has 0 bridgehead atoms. The lowest BCUT2D eigenvalue weighted by atomic mass is 10.2. The van der Waals surface area contributed by atoms with Gasteiger partial charge in [0.05, 0.1) is 13.2 Å². The monoisotopic (exact) mass is 229 g/mol. The number of aromatic nitrogens is 1. The summed E-state index contributed by atoms with van der Waals surface area (Å²) in [5, 5.41) is 1.25. The minimum absolute atomic E-state index is 0.187. The molecule has 3 heteroatoms. The average molecular weight is 229 g/mol. The first-order chi connectivity index (χ1) is 8.34. The van der Waals surface area contributed by atoms with Gasteiger partial charge in [0, 0.05) is 23.6 Å². The van der Waals surface area contributed by atoms with Crippen LogP contribution >= 0.6 is 0 Å². The molecular formula is C14H15NO2. The first-order valence-electron chi connectivity index (χ1n) is 5.80. The standard InChI is InChI=1S/C14H15NO2/c1-15-12(6-7-14-16-8-9-17-14)10-11-4-2-3-5-13(11)15/h2-7,10,14H,8-9H2,1H3/b7-6+. The molecule has 2 aromatic rings. The summed E-state index contributed by atoms with van der Waals surface area (Å²) in [5.74, 6) is 0. The summed E-state index contributed by atoms with van der Waals surface area (Å²) < 4.78 is 12.9. The van der Waals surface area contributed by atoms with Crippen LogP contribution in [0.1, 0.15) is 5.69 Å². The second kappa shape index (κ2) is 4.35. The van der Waals surface area contributed by atoms with E-state index in [0.717, 1.165) is 5.69 Å². The maximum atomic E-state index is 5.37. The Kier molecular flexibility index (Phi) is 2.71. The third kappa shape index (κ3) is 1.99. The molecular weight excluding hydrogens is 214 g/mol. The molecule has 2 heterocycles. The number of aryl methyl sites for hydroxylation is 1. The van der Waals surface area contributed by atoms with Crippen molar-refractivity contribution in [1.29, 1.82) is 0 Å². The minimum atomic E-state index is -0.187. The lowest BCUT2D eigenvalue weighted by Crippen LogP contribution is -2.02. The normalized spacial score (nSPS) is 17.5. The molecule has 1 aliphatic heterocycles. The lowest BCUT2D eigenvalue weighted by Gasteiger charge is -2.02. The van der Waals surface area contributed by atoms with E-state index in [1.54, 1.807) is 0 Å². The molecule has 17 heavy (non-hydrogen) atoms. The minimum Gasteiger partial charge on any atom is -0.347 e. The van der Waals surface area contributed by atoms with Crippen LogP contribution in [0.25, 0.3) is 17.0 Å². The van der Waals surface area contributed by atoms with Crippen molar-refractivity contribution >= 4 is 17.0 Å². The van der Waals surface area contributed by atoms with Gasteiger partial charge in [-0.15, -0.1) is 0 Å². The van der Waals surface area contributed by atoms with Gasteiger partial charge >= 0.3 is 0 Å². The van der Waals surface area contributed by atoms with Crippen LogP contribution in [0.15, 0.2) is 36.4 Å². The molecule has 0 aliphatic carbocycles. The molecule has 0 N–H and O–H groups in total. The van der Waals surface area contributed by atoms with Gasteiger partial charge in [-0.25, -0.2) is 0 Å². The van der Waals surface area contributed by atoms with Gasteiger partial charge in [0.15, 0.2) is 6.29 Å². The van der Waals surface area contributed by atoms with Crippen LogP contribution in [-0.4, -0.2) is 24.1 Å². The molecule has 0 unspecified atom stereocenters. The van der Waals surface area contributed by atoms with E-state index in [9.17, 15) is 0 Å². The Morgan fingerprint density at radius 3 is 2.76 bits per heavy atom. The first kappa shape index (κ1) is 10.6. The largest absolute Gasteiger partial charge is 0.347 e. The lowest BCUT2D eigenvalue weighted by molar-refractivity contribution is -0.000921. The van der Waals surface area contributed by atoms with Crippen LogP contribution < -0.4 is 0 Å². The van der Waals surface area contributed by atoms with Crippen LogP contribution in [-0.2, 0) is 16.5 Å². The van der Waals surface area contributed by atoms with Gasteiger partial charge in [-0.2, -0.15) is 0 Å². The van der Waals surface area contributed by atoms with Crippen LogP contribution in [0.5, 0.6) is 0 Å². The molecule has 0 spiro atoms. The number of hydrogen-bond donors (Lipinski definition) is 0. The van der Waals surface area contributed by atoms with Crippen LogP contribution in [0.3, 0.4) is 0 Å². The number of hydrogen-bond acceptors (Lipinski definition) is 2. The maximum Gasteiger partial charge on any atom is 0.177 e. The highest BCUT2D eigenvalue weighted by Crippen LogP contribution is 2.19. The van der Waals surface area contributed by atoms with Crippen LogP contribution in [0, 0.1) is 0 Å². The molecule has 3 rings (SSSR count). The second-order valence-electron chi connectivity index (χ2n) is 4.16. The molecule has 0 saturated carbocycles. The van der Waals surface area contributed by atoms with E-state index < -0.39 is 0 Å². The van der Waals surface area contributed by atoms with Crippen molar-refractivity contribution < 1.29 is 9.47 Å². The molecule has 88 valence electrons. The molecule has 1 aromatic carbocycles. The van der Waals surface area contributed by atoms with E-state index >= 15 is 0 Å². The highest BCUT2D eigenvalue weighted by Gasteiger charge is 2.12. The average Bonchev–Trinajstić information content (AvgIpc) is 2.96. The van der Waals surface area contributed by atoms with Crippen LogP contribution in [0.2, 0.25) is 0 Å². The Morgan fingerprint density at radius 1 is 1.24 bits per heavy atom. The molecule has 1 aromatic heterocycles. The van der Waals surface area contributed by atoms with Gasteiger partial charge in [0.25, 0.3) is 0 Å². The fourth-order valence-corrected chi connectivity index (χ4v) is 2.14. The van der Waals surface area contributed by atoms with E-state index in [1.165, 1.54) is 10.9 Å². The number of fused-ring (bicyclic) bond motifs is 1. The van der Waals surface area contributed by atoms with Gasteiger partial charge in [-0.1, -0.05) is 18.2 Å². The van der Waals surface area contributed by atoms with Crippen molar-refractivity contribution in [3.8, 4) is 0 Å². The Labute approximate surface area is 100 Å². The Balaban J connectivity index is 1.92. The van der Waals surface area contributed by atoms with Crippen molar-refractivity contribution in [3.05, 3.63) is 42.1 Å². The first-order valence-corrected chi connectivity index (χ1v) is 5.80. The molecule has 3 nitrogen and oxygen atoms in total. The summed E-state index contributed by atoms with van der Waals surface area (Å²) >= 11 is 0. The van der Waals surface area contributed by atoms with E-state index in [-0.39, 0.29) is 6.29 Å². The van der Waals surface area contributed by atoms with Crippen LogP contribution in [0.4, 0.5) is 0 Å². The number of para-hydroxylation sites is 1. The van der Waals surface area contributed by atoms with Crippen molar-refractivity contribution in [2.75, 3.05) is 13.2 Å². The third-order valence-corrected chi connectivity index (χ3v) is 3.06. The topological polar surface area (TPSA) is 23.4 Å². The Hall–Kier alpha value is -1.58. The molecule has 1 saturated heterocycles. The van der Waals surface area contributed by atoms with Crippen molar-refractivity contribution in [2.45, 2.75) is 6.29 Å². The Morgan fingerprint density at radius 2 is 2.00 bits per heavy atom. The van der Waals surface area contributed by atoms with Crippen molar-refractivity contribution in [1.82, 2.24) is 4.57 Å². The molecule has 0 radical (unpaired) electrons. The summed E-state index contributed by atoms with van der Waals surface area (Å²) in [5.41, 5.74) is 2.39. The van der Waals surface area contributed by atoms with Gasteiger partial charge in [0.1, 0.15) is 0 Å². The van der Waals surface area contributed by atoms with Gasteiger partial charge < -0.3 is 14.0 Å². The Bertz CT molecular complexity index is 550. The van der Waals surface area contributed by atoms with E-state index in [1.807, 2.05) is 6.08 Å². The highest BCUT2D eigenvalue weighted by molar-refractivity contribution is 5.83. The predicted molar refractivity (Wildman–Crippen MR) is 67.6 cm³/mol. The zero-order valence-corrected chi connectivity index (χ0v) is 9.80. The summed E-state index contributed by atoms with van der Waals surface area (Å²) in [6, 6.07) is 10.5. The third-order valence-electron chi connectivity index (χ3n) is 3.06. The van der Waals surface area contributed by atoms with Crippen molar-refractivity contribution in [2.24, 2.45) is 7.05 Å². The maximum absolute atomic E-state index is 5.37. The van der Waals surface area contributed by atoms with Gasteiger partial charge in [-0.05, 0) is 24.3 Å². The number of ether oxygens (including phenoxy) is 2. The fraction of sp³-hybridized carbons (Fsp3) is 0.286. The summed E-state index contributed by atoms with van der Waals surface area (Å²) in [6.45, 7) is 1.37. The number of benzene rings is 1. The molecule has 0 atom stereocenters. The summed E-state index contributed by atoms with van der Waals surface area (Å²) in [7, 11) is 2.07. The number of rotatable bonds is 2. The molecule has 1 fully saturated rings. The SMILES string of the molecule is Cn1c(/C=C/C2OCCO2)cc2ccccc21. The fourth-order valence-electron chi connectivity index (χ4n) is 2.14. The van der Waals surface area contributed by atoms with Gasteiger partial charge in [-0.3, -0.25) is 0 Å². The van der Waals surface area contributed by atoms with E-state index in [0.29, 0.717) is 13.2 Å². The number of nitrogens with zero attached hydrogens (tertiary/aromatic N) is 1.